The average Bonchev–Trinajstić information content (AvgIpc) is 3.66. The summed E-state index contributed by atoms with van der Waals surface area (Å²) in [6, 6.07) is 51.8. The third-order valence-corrected chi connectivity index (χ3v) is 9.89. The van der Waals surface area contributed by atoms with E-state index >= 15 is 0 Å². The molecule has 0 fully saturated rings. The smallest absolute Gasteiger partial charge is 0.127 e. The lowest BCUT2D eigenvalue weighted by molar-refractivity contribution is 0.417. The van der Waals surface area contributed by atoms with E-state index in [0.29, 0.717) is 6.67 Å². The molecule has 0 bridgehead atoms. The molecule has 1 heterocycles. The second kappa shape index (κ2) is 11.8. The van der Waals surface area contributed by atoms with Gasteiger partial charge in [0.15, 0.2) is 0 Å². The third kappa shape index (κ3) is 4.68. The van der Waals surface area contributed by atoms with Crippen LogP contribution in [0.15, 0.2) is 158 Å². The topological polar surface area (TPSA) is 24.9 Å². The van der Waals surface area contributed by atoms with Crippen molar-refractivity contribution >= 4 is 54.5 Å². The number of hydrogen-bond acceptors (Lipinski definition) is 4. The van der Waals surface area contributed by atoms with E-state index in [4.69, 9.17) is 9.47 Å². The van der Waals surface area contributed by atoms with Crippen LogP contribution in [0, 0.1) is 0 Å². The van der Waals surface area contributed by atoms with Gasteiger partial charge in [0.25, 0.3) is 0 Å². The molecule has 1 aliphatic rings. The number of anilines is 2. The molecule has 4 nitrogen and oxygen atoms in total. The van der Waals surface area contributed by atoms with Gasteiger partial charge in [-0.05, 0) is 67.4 Å². The number of methoxy groups -OCH3 is 2. The minimum Gasteiger partial charge on any atom is -0.496 e. The zero-order valence-corrected chi connectivity index (χ0v) is 27.4. The van der Waals surface area contributed by atoms with Crippen LogP contribution in [0.5, 0.6) is 11.5 Å². The molecule has 9 rings (SSSR count). The van der Waals surface area contributed by atoms with Gasteiger partial charge in [-0.2, -0.15) is 0 Å². The molecular weight excluding hydrogens is 601 g/mol. The van der Waals surface area contributed by atoms with Crippen LogP contribution in [0.4, 0.5) is 11.4 Å². The van der Waals surface area contributed by atoms with Crippen LogP contribution >= 0.6 is 0 Å². The normalized spacial score (nSPS) is 12.9. The van der Waals surface area contributed by atoms with Crippen molar-refractivity contribution in [2.24, 2.45) is 0 Å². The molecule has 8 aromatic carbocycles. The molecule has 49 heavy (non-hydrogen) atoms. The van der Waals surface area contributed by atoms with Gasteiger partial charge in [0, 0.05) is 34.7 Å². The number of benzene rings is 8. The summed E-state index contributed by atoms with van der Waals surface area (Å²) in [4.78, 5) is 4.70. The van der Waals surface area contributed by atoms with Crippen molar-refractivity contribution in [2.75, 3.05) is 30.7 Å². The van der Waals surface area contributed by atoms with Crippen LogP contribution in [0.25, 0.3) is 65.3 Å². The molecule has 236 valence electrons. The fourth-order valence-electron chi connectivity index (χ4n) is 7.62. The molecule has 0 aliphatic carbocycles. The molecule has 0 radical (unpaired) electrons. The summed E-state index contributed by atoms with van der Waals surface area (Å²) in [5.41, 5.74) is 6.77. The first-order valence-corrected chi connectivity index (χ1v) is 16.6. The van der Waals surface area contributed by atoms with Crippen molar-refractivity contribution in [3.63, 3.8) is 0 Å². The average molecular weight is 635 g/mol. The van der Waals surface area contributed by atoms with E-state index in [9.17, 15) is 0 Å². The van der Waals surface area contributed by atoms with Crippen LogP contribution in [0.3, 0.4) is 0 Å². The van der Waals surface area contributed by atoms with Crippen molar-refractivity contribution < 1.29 is 9.47 Å². The molecule has 0 N–H and O–H groups in total. The van der Waals surface area contributed by atoms with Gasteiger partial charge < -0.3 is 19.3 Å². The van der Waals surface area contributed by atoms with Crippen LogP contribution < -0.4 is 19.3 Å². The number of hydrogen-bond donors (Lipinski definition) is 0. The Labute approximate surface area is 285 Å². The van der Waals surface area contributed by atoms with E-state index < -0.39 is 0 Å². The summed E-state index contributed by atoms with van der Waals surface area (Å²) in [5, 5.41) is 9.45. The minimum atomic E-state index is 0.636. The number of fused-ring (bicyclic) bond motifs is 4. The summed E-state index contributed by atoms with van der Waals surface area (Å²) in [5.74, 6) is 1.72. The summed E-state index contributed by atoms with van der Waals surface area (Å²) in [6.07, 6.45) is 4.40. The van der Waals surface area contributed by atoms with E-state index in [1.54, 1.807) is 14.2 Å². The molecule has 0 aromatic heterocycles. The van der Waals surface area contributed by atoms with Gasteiger partial charge in [-0.3, -0.25) is 0 Å². The maximum absolute atomic E-state index is 6.07. The molecule has 0 spiro atoms. The van der Waals surface area contributed by atoms with Crippen LogP contribution in [-0.2, 0) is 0 Å². The predicted molar refractivity (Wildman–Crippen MR) is 206 cm³/mol. The Hall–Kier alpha value is -6.26. The summed E-state index contributed by atoms with van der Waals surface area (Å²) in [7, 11) is 3.53. The molecule has 0 amide bonds. The molecule has 4 heteroatoms. The SMILES string of the molecule is COc1ccc2ccccc2c1-c1c(N2C=CN(c3ccc4ccccc4c3-c3c(OC)ccc4ccccc34)C2)ccc2ccccc12. The highest BCUT2D eigenvalue weighted by Crippen LogP contribution is 2.49. The summed E-state index contributed by atoms with van der Waals surface area (Å²) < 4.78 is 12.1. The number of rotatable bonds is 6. The molecule has 1 aliphatic heterocycles. The fraction of sp³-hybridized carbons (Fsp3) is 0.0667. The van der Waals surface area contributed by atoms with Crippen LogP contribution in [-0.4, -0.2) is 20.9 Å². The van der Waals surface area contributed by atoms with Gasteiger partial charge in [-0.25, -0.2) is 0 Å². The Kier molecular flexibility index (Phi) is 6.94. The second-order valence-electron chi connectivity index (χ2n) is 12.5. The zero-order chi connectivity index (χ0) is 32.9. The number of ether oxygens (including phenoxy) is 2. The largest absolute Gasteiger partial charge is 0.496 e. The van der Waals surface area contributed by atoms with E-state index in [1.807, 2.05) is 0 Å². The highest BCUT2D eigenvalue weighted by Gasteiger charge is 2.26. The molecule has 0 atom stereocenters. The van der Waals surface area contributed by atoms with Gasteiger partial charge >= 0.3 is 0 Å². The van der Waals surface area contributed by atoms with Crippen molar-refractivity contribution in [2.45, 2.75) is 0 Å². The van der Waals surface area contributed by atoms with Gasteiger partial charge in [0.2, 0.25) is 0 Å². The summed E-state index contributed by atoms with van der Waals surface area (Å²) in [6.45, 7) is 0.636. The van der Waals surface area contributed by atoms with Crippen molar-refractivity contribution in [3.05, 3.63) is 158 Å². The van der Waals surface area contributed by atoms with Gasteiger partial charge in [-0.15, -0.1) is 0 Å². The lowest BCUT2D eigenvalue weighted by Crippen LogP contribution is -2.25. The molecule has 8 aromatic rings. The van der Waals surface area contributed by atoms with Crippen LogP contribution in [0.2, 0.25) is 0 Å². The lowest BCUT2D eigenvalue weighted by atomic mass is 9.91. The van der Waals surface area contributed by atoms with Gasteiger partial charge in [-0.1, -0.05) is 121 Å². The Morgan fingerprint density at radius 2 is 0.694 bits per heavy atom. The third-order valence-electron chi connectivity index (χ3n) is 9.89. The molecular formula is C45H34N2O2. The second-order valence-corrected chi connectivity index (χ2v) is 12.5. The Morgan fingerprint density at radius 1 is 0.367 bits per heavy atom. The quantitative estimate of drug-likeness (QED) is 0.182. The zero-order valence-electron chi connectivity index (χ0n) is 27.4. The highest BCUT2D eigenvalue weighted by molar-refractivity contribution is 6.14. The first kappa shape index (κ1) is 28.9. The van der Waals surface area contributed by atoms with Crippen molar-refractivity contribution in [3.8, 4) is 33.8 Å². The van der Waals surface area contributed by atoms with Crippen molar-refractivity contribution in [1.29, 1.82) is 0 Å². The monoisotopic (exact) mass is 634 g/mol. The maximum atomic E-state index is 6.07. The predicted octanol–water partition coefficient (Wildman–Crippen LogP) is 11.4. The van der Waals surface area contributed by atoms with E-state index in [0.717, 1.165) is 45.1 Å². The van der Waals surface area contributed by atoms with Crippen LogP contribution in [0.1, 0.15) is 0 Å². The Bertz CT molecular complexity index is 2410. The van der Waals surface area contributed by atoms with E-state index in [-0.39, 0.29) is 0 Å². The molecule has 0 saturated carbocycles. The Morgan fingerprint density at radius 3 is 1.06 bits per heavy atom. The molecule has 0 saturated heterocycles. The first-order valence-electron chi connectivity index (χ1n) is 16.6. The lowest BCUT2D eigenvalue weighted by Gasteiger charge is -2.28. The number of nitrogens with zero attached hydrogens (tertiary/aromatic N) is 2. The first-order chi connectivity index (χ1) is 24.2. The van der Waals surface area contributed by atoms with Gasteiger partial charge in [0.1, 0.15) is 11.5 Å². The minimum absolute atomic E-state index is 0.636. The Balaban J connectivity index is 1.24. The standard InChI is InChI=1S/C45H34N2O2/c1-48-40-25-21-32-13-5-9-17-36(32)44(40)42-34-15-7-3-11-30(34)19-23-38(42)46-27-28-47(29-46)39-24-20-31-12-4-8-16-35(31)43(39)45-37-18-10-6-14-33(37)22-26-41(45)49-2/h3-28H,29H2,1-2H3. The fourth-order valence-corrected chi connectivity index (χ4v) is 7.62. The van der Waals surface area contributed by atoms with Crippen molar-refractivity contribution in [1.82, 2.24) is 0 Å². The highest BCUT2D eigenvalue weighted by atomic mass is 16.5. The van der Waals surface area contributed by atoms with E-state index in [2.05, 4.69) is 168 Å². The maximum Gasteiger partial charge on any atom is 0.127 e. The molecule has 0 unspecified atom stereocenters. The van der Waals surface area contributed by atoms with E-state index in [1.165, 1.54) is 43.1 Å². The summed E-state index contributed by atoms with van der Waals surface area (Å²) >= 11 is 0. The van der Waals surface area contributed by atoms with Gasteiger partial charge in [0.05, 0.1) is 32.3 Å².